The summed E-state index contributed by atoms with van der Waals surface area (Å²) in [5.74, 6) is 0. The third-order valence-corrected chi connectivity index (χ3v) is 3.51. The van der Waals surface area contributed by atoms with Gasteiger partial charge in [0.05, 0.1) is 23.9 Å². The topological polar surface area (TPSA) is 50.8 Å². The van der Waals surface area contributed by atoms with E-state index in [9.17, 15) is 10.5 Å². The zero-order valence-corrected chi connectivity index (χ0v) is 9.74. The molecule has 0 radical (unpaired) electrons. The van der Waals surface area contributed by atoms with Crippen molar-refractivity contribution in [1.82, 2.24) is 4.90 Å². The van der Waals surface area contributed by atoms with Crippen molar-refractivity contribution < 1.29 is 0 Å². The average Bonchev–Trinajstić information content (AvgIpc) is 2.46. The van der Waals surface area contributed by atoms with Crippen LogP contribution in [0.2, 0.25) is 0 Å². The quantitative estimate of drug-likeness (QED) is 0.644. The Morgan fingerprint density at radius 2 is 2.06 bits per heavy atom. The van der Waals surface area contributed by atoms with Crippen LogP contribution >= 0.6 is 0 Å². The Bertz CT molecular complexity index is 603. The molecule has 0 amide bonds. The molecule has 0 fully saturated rings. The van der Waals surface area contributed by atoms with E-state index in [0.717, 1.165) is 17.8 Å². The Kier molecular flexibility index (Phi) is 2.21. The maximum absolute atomic E-state index is 9.42. The van der Waals surface area contributed by atoms with Gasteiger partial charge in [-0.2, -0.15) is 10.5 Å². The molecule has 1 atom stereocenters. The van der Waals surface area contributed by atoms with Gasteiger partial charge < -0.3 is 4.90 Å². The monoisotopic (exact) mass is 233 g/mol. The Morgan fingerprint density at radius 1 is 1.22 bits per heavy atom. The molecular formula is C15H11N3. The fraction of sp³-hybridized carbons (Fsp3) is 0.200. The molecule has 0 aromatic rings. The van der Waals surface area contributed by atoms with Crippen molar-refractivity contribution in [2.45, 2.75) is 6.04 Å². The van der Waals surface area contributed by atoms with Crippen LogP contribution < -0.4 is 0 Å². The molecule has 2 heterocycles. The Hall–Kier alpha value is -2.52. The molecule has 0 spiro atoms. The molecule has 18 heavy (non-hydrogen) atoms. The predicted molar refractivity (Wildman–Crippen MR) is 67.7 cm³/mol. The smallest absolute Gasteiger partial charge is 0.201 e. The maximum Gasteiger partial charge on any atom is 0.201 e. The lowest BCUT2D eigenvalue weighted by atomic mass is 9.77. The molecule has 3 rings (SSSR count). The van der Waals surface area contributed by atoms with Gasteiger partial charge in [0.2, 0.25) is 5.41 Å². The van der Waals surface area contributed by atoms with Gasteiger partial charge in [0, 0.05) is 6.54 Å². The van der Waals surface area contributed by atoms with Crippen molar-refractivity contribution in [2.75, 3.05) is 6.54 Å². The summed E-state index contributed by atoms with van der Waals surface area (Å²) in [4.78, 5) is 2.11. The SMILES string of the molecule is N#CC1(C#N)C=C2C=CC=CC2N2CC=CC=C21. The van der Waals surface area contributed by atoms with Crippen LogP contribution in [0.4, 0.5) is 0 Å². The molecule has 1 unspecified atom stereocenters. The fourth-order valence-corrected chi connectivity index (χ4v) is 2.64. The lowest BCUT2D eigenvalue weighted by Gasteiger charge is -2.43. The Labute approximate surface area is 106 Å². The number of hydrogen-bond donors (Lipinski definition) is 0. The number of nitrogens with zero attached hydrogens (tertiary/aromatic N) is 3. The summed E-state index contributed by atoms with van der Waals surface area (Å²) in [6, 6.07) is 4.46. The molecule has 2 aliphatic heterocycles. The van der Waals surface area contributed by atoms with Gasteiger partial charge >= 0.3 is 0 Å². The van der Waals surface area contributed by atoms with E-state index >= 15 is 0 Å². The number of nitriles is 2. The summed E-state index contributed by atoms with van der Waals surface area (Å²) in [5, 5.41) is 18.8. The molecular weight excluding hydrogens is 222 g/mol. The van der Waals surface area contributed by atoms with Gasteiger partial charge in [0.25, 0.3) is 0 Å². The molecule has 3 nitrogen and oxygen atoms in total. The second-order valence-electron chi connectivity index (χ2n) is 4.50. The molecule has 0 saturated heterocycles. The maximum atomic E-state index is 9.42. The van der Waals surface area contributed by atoms with Gasteiger partial charge in [0.15, 0.2) is 0 Å². The normalized spacial score (nSPS) is 26.3. The Morgan fingerprint density at radius 3 is 2.83 bits per heavy atom. The first kappa shape index (κ1) is 10.6. The van der Waals surface area contributed by atoms with Gasteiger partial charge in [-0.05, 0) is 17.7 Å². The van der Waals surface area contributed by atoms with Crippen molar-refractivity contribution >= 4 is 0 Å². The molecule has 3 aliphatic rings. The highest BCUT2D eigenvalue weighted by atomic mass is 15.2. The van der Waals surface area contributed by atoms with Crippen LogP contribution in [0.15, 0.2) is 59.9 Å². The predicted octanol–water partition coefficient (Wildman–Crippen LogP) is 2.21. The standard InChI is InChI=1S/C15H11N3/c16-10-15(11-17)9-12-5-1-2-6-13(12)18-8-4-3-7-14(15)18/h1-7,9,13H,8H2. The van der Waals surface area contributed by atoms with E-state index in [2.05, 4.69) is 23.1 Å². The molecule has 0 N–H and O–H groups in total. The average molecular weight is 233 g/mol. The summed E-state index contributed by atoms with van der Waals surface area (Å²) < 4.78 is 0. The van der Waals surface area contributed by atoms with Gasteiger partial charge in [-0.15, -0.1) is 0 Å². The van der Waals surface area contributed by atoms with E-state index < -0.39 is 5.41 Å². The summed E-state index contributed by atoms with van der Waals surface area (Å²) in [7, 11) is 0. The van der Waals surface area contributed by atoms with E-state index in [1.54, 1.807) is 6.08 Å². The van der Waals surface area contributed by atoms with Gasteiger partial charge in [-0.25, -0.2) is 0 Å². The van der Waals surface area contributed by atoms with Crippen LogP contribution in [0.25, 0.3) is 0 Å². The van der Waals surface area contributed by atoms with E-state index in [-0.39, 0.29) is 6.04 Å². The van der Waals surface area contributed by atoms with E-state index in [0.29, 0.717) is 0 Å². The lowest BCUT2D eigenvalue weighted by molar-refractivity contribution is 0.298. The minimum Gasteiger partial charge on any atom is -0.358 e. The van der Waals surface area contributed by atoms with Crippen molar-refractivity contribution in [3.63, 3.8) is 0 Å². The zero-order valence-electron chi connectivity index (χ0n) is 9.74. The highest BCUT2D eigenvalue weighted by molar-refractivity contribution is 5.53. The molecule has 0 aromatic carbocycles. The van der Waals surface area contributed by atoms with E-state index in [1.807, 2.05) is 36.5 Å². The first-order chi connectivity index (χ1) is 8.80. The van der Waals surface area contributed by atoms with Crippen LogP contribution in [0.1, 0.15) is 0 Å². The highest BCUT2D eigenvalue weighted by Gasteiger charge is 2.43. The summed E-state index contributed by atoms with van der Waals surface area (Å²) >= 11 is 0. The van der Waals surface area contributed by atoms with Crippen LogP contribution in [0, 0.1) is 28.1 Å². The minimum absolute atomic E-state index is 0.140. The minimum atomic E-state index is -1.16. The summed E-state index contributed by atoms with van der Waals surface area (Å²) in [5.41, 5.74) is 0.642. The third-order valence-electron chi connectivity index (χ3n) is 3.51. The number of fused-ring (bicyclic) bond motifs is 3. The summed E-state index contributed by atoms with van der Waals surface area (Å²) in [6.07, 6.45) is 15.6. The van der Waals surface area contributed by atoms with Crippen molar-refractivity contribution in [3.05, 3.63) is 59.9 Å². The molecule has 3 heteroatoms. The third kappa shape index (κ3) is 1.28. The largest absolute Gasteiger partial charge is 0.358 e. The van der Waals surface area contributed by atoms with Crippen LogP contribution in [-0.2, 0) is 0 Å². The van der Waals surface area contributed by atoms with Crippen molar-refractivity contribution in [2.24, 2.45) is 5.41 Å². The summed E-state index contributed by atoms with van der Waals surface area (Å²) in [6.45, 7) is 0.733. The van der Waals surface area contributed by atoms with Gasteiger partial charge in [0.1, 0.15) is 0 Å². The van der Waals surface area contributed by atoms with Gasteiger partial charge in [-0.3, -0.25) is 0 Å². The first-order valence-electron chi connectivity index (χ1n) is 5.85. The second-order valence-corrected chi connectivity index (χ2v) is 4.50. The molecule has 86 valence electrons. The number of rotatable bonds is 0. The molecule has 1 aliphatic carbocycles. The molecule has 0 bridgehead atoms. The van der Waals surface area contributed by atoms with Crippen LogP contribution in [0.5, 0.6) is 0 Å². The number of allylic oxidation sites excluding steroid dienone is 5. The van der Waals surface area contributed by atoms with Crippen molar-refractivity contribution in [1.29, 1.82) is 10.5 Å². The fourth-order valence-electron chi connectivity index (χ4n) is 2.64. The first-order valence-corrected chi connectivity index (χ1v) is 5.85. The molecule has 0 aromatic heterocycles. The van der Waals surface area contributed by atoms with Crippen LogP contribution in [0.3, 0.4) is 0 Å². The van der Waals surface area contributed by atoms with E-state index in [4.69, 9.17) is 0 Å². The van der Waals surface area contributed by atoms with E-state index in [1.165, 1.54) is 0 Å². The van der Waals surface area contributed by atoms with Crippen molar-refractivity contribution in [3.8, 4) is 12.1 Å². The van der Waals surface area contributed by atoms with Gasteiger partial charge in [-0.1, -0.05) is 36.5 Å². The number of hydrogen-bond acceptors (Lipinski definition) is 3. The highest BCUT2D eigenvalue weighted by Crippen LogP contribution is 2.41. The Balaban J connectivity index is 2.23. The van der Waals surface area contributed by atoms with Crippen LogP contribution in [-0.4, -0.2) is 17.5 Å². The lowest BCUT2D eigenvalue weighted by Crippen LogP contribution is -2.45. The zero-order chi connectivity index (χ0) is 12.6. The molecule has 0 saturated carbocycles. The second kappa shape index (κ2) is 3.75.